The first-order valence-electron chi connectivity index (χ1n) is 10.4. The molecule has 2 heterocycles. The zero-order chi connectivity index (χ0) is 22.9. The average molecular weight is 455 g/mol. The number of carbonyl (C=O) groups excluding carboxylic acids is 1. The van der Waals surface area contributed by atoms with E-state index in [9.17, 15) is 13.2 Å². The second-order valence-corrected chi connectivity index (χ2v) is 9.64. The van der Waals surface area contributed by atoms with E-state index in [1.807, 2.05) is 17.0 Å². The van der Waals surface area contributed by atoms with Crippen LogP contribution < -0.4 is 10.5 Å². The van der Waals surface area contributed by atoms with Gasteiger partial charge >= 0.3 is 0 Å². The van der Waals surface area contributed by atoms with Crippen LogP contribution >= 0.6 is 0 Å². The lowest BCUT2D eigenvalue weighted by molar-refractivity contribution is 0.0595. The maximum Gasteiger partial charge on any atom is 0.254 e. The summed E-state index contributed by atoms with van der Waals surface area (Å²) in [6, 6.07) is 11.9. The first-order valence-corrected chi connectivity index (χ1v) is 12.0. The van der Waals surface area contributed by atoms with E-state index in [2.05, 4.69) is 34.0 Å². The molecule has 32 heavy (non-hydrogen) atoms. The normalized spacial score (nSPS) is 15.3. The molecule has 3 N–H and O–H groups in total. The zero-order valence-electron chi connectivity index (χ0n) is 18.0. The van der Waals surface area contributed by atoms with Gasteiger partial charge in [-0.2, -0.15) is 0 Å². The molecule has 0 radical (unpaired) electrons. The maximum absolute atomic E-state index is 13.0. The number of nitrogens with two attached hydrogens (primary N) is 1. The smallest absolute Gasteiger partial charge is 0.254 e. The minimum absolute atomic E-state index is 0.00186. The van der Waals surface area contributed by atoms with Crippen LogP contribution in [0.2, 0.25) is 0 Å². The molecule has 2 aromatic carbocycles. The summed E-state index contributed by atoms with van der Waals surface area (Å²) in [5, 5.41) is 8.99. The van der Waals surface area contributed by atoms with E-state index in [4.69, 9.17) is 5.14 Å². The van der Waals surface area contributed by atoms with E-state index in [1.54, 1.807) is 24.4 Å². The monoisotopic (exact) mass is 454 g/mol. The zero-order valence-corrected chi connectivity index (χ0v) is 18.8. The van der Waals surface area contributed by atoms with Gasteiger partial charge in [-0.05, 0) is 50.2 Å². The average Bonchev–Trinajstić information content (AvgIpc) is 2.78. The molecule has 1 aromatic heterocycles. The lowest BCUT2D eigenvalue weighted by Gasteiger charge is -2.37. The van der Waals surface area contributed by atoms with E-state index in [0.29, 0.717) is 41.8 Å². The molecule has 1 fully saturated rings. The Kier molecular flexibility index (Phi) is 6.09. The van der Waals surface area contributed by atoms with Crippen molar-refractivity contribution in [2.24, 2.45) is 5.14 Å². The van der Waals surface area contributed by atoms with Crippen LogP contribution in [-0.4, -0.2) is 66.3 Å². The number of hydrogen-bond donors (Lipinski definition) is 2. The van der Waals surface area contributed by atoms with Crippen molar-refractivity contribution >= 4 is 38.5 Å². The first-order chi connectivity index (χ1) is 15.2. The first kappa shape index (κ1) is 22.1. The van der Waals surface area contributed by atoms with E-state index < -0.39 is 10.0 Å². The molecule has 0 spiro atoms. The van der Waals surface area contributed by atoms with Crippen molar-refractivity contribution < 1.29 is 13.2 Å². The van der Waals surface area contributed by atoms with Crippen molar-refractivity contribution in [2.45, 2.75) is 24.8 Å². The minimum Gasteiger partial charge on any atom is -0.336 e. The molecule has 4 rings (SSSR count). The van der Waals surface area contributed by atoms with E-state index in [-0.39, 0.29) is 10.8 Å². The standard InChI is InChI=1S/C22H26N6O3S/c1-15(2)27-9-11-28(12-10-27)21(29)16-3-4-17-14-24-22(26-20(17)13-16)25-18-5-7-19(8-6-18)32(23,30)31/h3-8,13-15H,9-12H2,1-2H3,(H2,23,30,31)(H,24,25,26). The summed E-state index contributed by atoms with van der Waals surface area (Å²) in [6.07, 6.45) is 1.68. The number of anilines is 2. The minimum atomic E-state index is -3.75. The predicted molar refractivity (Wildman–Crippen MR) is 123 cm³/mol. The molecular formula is C22H26N6O3S. The number of carbonyl (C=O) groups is 1. The van der Waals surface area contributed by atoms with Crippen LogP contribution in [0.25, 0.3) is 10.9 Å². The molecule has 0 atom stereocenters. The fourth-order valence-electron chi connectivity index (χ4n) is 3.70. The lowest BCUT2D eigenvalue weighted by Crippen LogP contribution is -2.50. The Morgan fingerprint density at radius 1 is 1.06 bits per heavy atom. The number of hydrogen-bond acceptors (Lipinski definition) is 7. The molecule has 0 aliphatic carbocycles. The van der Waals surface area contributed by atoms with Crippen molar-refractivity contribution in [3.8, 4) is 0 Å². The van der Waals surface area contributed by atoms with Crippen LogP contribution in [0.5, 0.6) is 0 Å². The SMILES string of the molecule is CC(C)N1CCN(C(=O)c2ccc3cnc(Nc4ccc(S(N)(=O)=O)cc4)nc3c2)CC1. The third kappa shape index (κ3) is 4.87. The molecule has 9 nitrogen and oxygen atoms in total. The molecule has 1 amide bonds. The molecule has 0 bridgehead atoms. The van der Waals surface area contributed by atoms with Crippen molar-refractivity contribution in [1.29, 1.82) is 0 Å². The third-order valence-corrected chi connectivity index (χ3v) is 6.53. The third-order valence-electron chi connectivity index (χ3n) is 5.60. The Hall–Kier alpha value is -3.08. The number of sulfonamides is 1. The highest BCUT2D eigenvalue weighted by Crippen LogP contribution is 2.20. The highest BCUT2D eigenvalue weighted by Gasteiger charge is 2.23. The summed E-state index contributed by atoms with van der Waals surface area (Å²) >= 11 is 0. The molecule has 168 valence electrons. The Labute approximate surface area is 187 Å². The Bertz CT molecular complexity index is 1240. The van der Waals surface area contributed by atoms with Gasteiger partial charge in [0.05, 0.1) is 10.4 Å². The van der Waals surface area contributed by atoms with Crippen molar-refractivity contribution in [2.75, 3.05) is 31.5 Å². The molecule has 1 saturated heterocycles. The summed E-state index contributed by atoms with van der Waals surface area (Å²) in [7, 11) is -3.75. The summed E-state index contributed by atoms with van der Waals surface area (Å²) < 4.78 is 22.8. The van der Waals surface area contributed by atoms with Crippen molar-refractivity contribution in [1.82, 2.24) is 19.8 Å². The van der Waals surface area contributed by atoms with Crippen LogP contribution in [0.3, 0.4) is 0 Å². The maximum atomic E-state index is 13.0. The number of benzene rings is 2. The van der Waals surface area contributed by atoms with Gasteiger partial charge < -0.3 is 10.2 Å². The van der Waals surface area contributed by atoms with Gasteiger partial charge in [0.2, 0.25) is 16.0 Å². The van der Waals surface area contributed by atoms with Crippen LogP contribution in [0.15, 0.2) is 53.6 Å². The van der Waals surface area contributed by atoms with Gasteiger partial charge in [-0.25, -0.2) is 23.5 Å². The van der Waals surface area contributed by atoms with Crippen molar-refractivity contribution in [3.63, 3.8) is 0 Å². The Balaban J connectivity index is 1.51. The number of fused-ring (bicyclic) bond motifs is 1. The fourth-order valence-corrected chi connectivity index (χ4v) is 4.21. The highest BCUT2D eigenvalue weighted by atomic mass is 32.2. The van der Waals surface area contributed by atoms with Crippen LogP contribution in [0.4, 0.5) is 11.6 Å². The number of rotatable bonds is 5. The number of aromatic nitrogens is 2. The quantitative estimate of drug-likeness (QED) is 0.606. The number of piperazine rings is 1. The number of amides is 1. The van der Waals surface area contributed by atoms with Crippen LogP contribution in [0, 0.1) is 0 Å². The van der Waals surface area contributed by atoms with Crippen molar-refractivity contribution in [3.05, 3.63) is 54.2 Å². The predicted octanol–water partition coefficient (Wildman–Crippen LogP) is 2.19. The number of nitrogens with zero attached hydrogens (tertiary/aromatic N) is 4. The van der Waals surface area contributed by atoms with E-state index in [0.717, 1.165) is 18.5 Å². The molecular weight excluding hydrogens is 428 g/mol. The highest BCUT2D eigenvalue weighted by molar-refractivity contribution is 7.89. The fraction of sp³-hybridized carbons (Fsp3) is 0.318. The van der Waals surface area contributed by atoms with Crippen LogP contribution in [-0.2, 0) is 10.0 Å². The van der Waals surface area contributed by atoms with Gasteiger partial charge in [0, 0.05) is 55.1 Å². The summed E-state index contributed by atoms with van der Waals surface area (Å²) in [5.41, 5.74) is 1.86. The van der Waals surface area contributed by atoms with Gasteiger partial charge in [-0.15, -0.1) is 0 Å². The molecule has 1 aliphatic heterocycles. The molecule has 1 aliphatic rings. The summed E-state index contributed by atoms with van der Waals surface area (Å²) in [4.78, 5) is 26.1. The van der Waals surface area contributed by atoms with Gasteiger partial charge in [0.15, 0.2) is 0 Å². The topological polar surface area (TPSA) is 122 Å². The van der Waals surface area contributed by atoms with Gasteiger partial charge in [0.1, 0.15) is 0 Å². The Morgan fingerprint density at radius 2 is 1.75 bits per heavy atom. The number of nitrogens with one attached hydrogen (secondary N) is 1. The molecule has 0 saturated carbocycles. The van der Waals surface area contributed by atoms with Gasteiger partial charge in [-0.3, -0.25) is 9.69 Å². The largest absolute Gasteiger partial charge is 0.336 e. The molecule has 3 aromatic rings. The van der Waals surface area contributed by atoms with Crippen LogP contribution in [0.1, 0.15) is 24.2 Å². The van der Waals surface area contributed by atoms with Gasteiger partial charge in [-0.1, -0.05) is 6.07 Å². The second-order valence-electron chi connectivity index (χ2n) is 8.08. The molecule has 10 heteroatoms. The van der Waals surface area contributed by atoms with E-state index >= 15 is 0 Å². The number of primary sulfonamides is 1. The summed E-state index contributed by atoms with van der Waals surface area (Å²) in [6.45, 7) is 7.50. The van der Waals surface area contributed by atoms with E-state index in [1.165, 1.54) is 12.1 Å². The lowest BCUT2D eigenvalue weighted by atomic mass is 10.1. The molecule has 0 unspecified atom stereocenters. The second kappa shape index (κ2) is 8.81. The Morgan fingerprint density at radius 3 is 2.38 bits per heavy atom. The summed E-state index contributed by atoms with van der Waals surface area (Å²) in [5.74, 6) is 0.345. The van der Waals surface area contributed by atoms with Gasteiger partial charge in [0.25, 0.3) is 5.91 Å².